The van der Waals surface area contributed by atoms with Gasteiger partial charge < -0.3 is 10.1 Å². The van der Waals surface area contributed by atoms with Crippen LogP contribution in [0, 0.1) is 5.92 Å². The number of carbonyl (C=O) groups excluding carboxylic acids is 2. The molecular formula is C18H26N4O4S2. The lowest BCUT2D eigenvalue weighted by molar-refractivity contribution is -0.120. The maximum Gasteiger partial charge on any atom is 0.408 e. The van der Waals surface area contributed by atoms with Gasteiger partial charge in [-0.3, -0.25) is 4.79 Å². The first-order chi connectivity index (χ1) is 12.9. The fourth-order valence-electron chi connectivity index (χ4n) is 2.46. The molecule has 0 saturated carbocycles. The fraction of sp³-hybridized carbons (Fsp3) is 0.500. The van der Waals surface area contributed by atoms with Crippen LogP contribution in [-0.2, 0) is 19.4 Å². The Morgan fingerprint density at radius 2 is 1.96 bits per heavy atom. The summed E-state index contributed by atoms with van der Waals surface area (Å²) in [6, 6.07) is 6.14. The van der Waals surface area contributed by atoms with Gasteiger partial charge >= 0.3 is 6.09 Å². The molecule has 1 unspecified atom stereocenters. The number of benzene rings is 1. The van der Waals surface area contributed by atoms with E-state index in [4.69, 9.17) is 9.88 Å². The second-order valence-electron chi connectivity index (χ2n) is 7.81. The van der Waals surface area contributed by atoms with E-state index in [0.717, 1.165) is 16.2 Å². The SMILES string of the molecule is CC(C)C[C@H](NC(=O)OC(C)(C)C)C(=O)N=S(N)(=O)c1nsc2ccccc12. The molecule has 1 aromatic carbocycles. The Bertz CT molecular complexity index is 985. The largest absolute Gasteiger partial charge is 0.444 e. The Balaban J connectivity index is 2.32. The van der Waals surface area contributed by atoms with Crippen molar-refractivity contribution in [3.8, 4) is 0 Å². The number of amides is 2. The van der Waals surface area contributed by atoms with Crippen molar-refractivity contribution in [2.45, 2.75) is 57.7 Å². The molecule has 0 spiro atoms. The summed E-state index contributed by atoms with van der Waals surface area (Å²) in [5.74, 6) is -0.697. The molecular weight excluding hydrogens is 400 g/mol. The van der Waals surface area contributed by atoms with E-state index in [0.29, 0.717) is 11.8 Å². The Morgan fingerprint density at radius 1 is 1.32 bits per heavy atom. The van der Waals surface area contributed by atoms with Gasteiger partial charge in [-0.1, -0.05) is 32.0 Å². The van der Waals surface area contributed by atoms with Gasteiger partial charge in [-0.2, -0.15) is 4.37 Å². The van der Waals surface area contributed by atoms with Crippen molar-refractivity contribution in [3.63, 3.8) is 0 Å². The van der Waals surface area contributed by atoms with Crippen LogP contribution in [-0.4, -0.2) is 32.2 Å². The Morgan fingerprint density at radius 3 is 2.57 bits per heavy atom. The summed E-state index contributed by atoms with van der Waals surface area (Å²) in [6.45, 7) is 8.94. The van der Waals surface area contributed by atoms with Gasteiger partial charge in [0.25, 0.3) is 5.91 Å². The molecule has 0 radical (unpaired) electrons. The molecule has 0 saturated heterocycles. The van der Waals surface area contributed by atoms with Gasteiger partial charge in [0.05, 0.1) is 4.70 Å². The van der Waals surface area contributed by atoms with E-state index < -0.39 is 33.6 Å². The molecule has 1 heterocycles. The summed E-state index contributed by atoms with van der Waals surface area (Å²) in [4.78, 5) is 24.8. The smallest absolute Gasteiger partial charge is 0.408 e. The molecule has 0 aliphatic rings. The van der Waals surface area contributed by atoms with Crippen LogP contribution in [0.5, 0.6) is 0 Å². The van der Waals surface area contributed by atoms with Crippen LogP contribution >= 0.6 is 11.5 Å². The first-order valence-corrected chi connectivity index (χ1v) is 11.2. The highest BCUT2D eigenvalue weighted by atomic mass is 32.2. The van der Waals surface area contributed by atoms with Crippen LogP contribution in [0.15, 0.2) is 33.7 Å². The fourth-order valence-corrected chi connectivity index (χ4v) is 4.72. The number of carbonyl (C=O) groups is 2. The third-order valence-electron chi connectivity index (χ3n) is 3.54. The van der Waals surface area contributed by atoms with E-state index in [-0.39, 0.29) is 10.9 Å². The van der Waals surface area contributed by atoms with E-state index in [1.54, 1.807) is 32.9 Å². The number of rotatable bonds is 5. The standard InChI is InChI=1S/C18H26N4O4S2/c1-11(2)10-13(20-17(24)26-18(3,4)5)15(23)22-28(19,25)16-12-8-6-7-9-14(12)27-21-16/h6-9,11,13H,10H2,1-5H3,(H,20,24)(H2,19,22,23,25)/t13-,28?/m0/s1. The molecule has 10 heteroatoms. The van der Waals surface area contributed by atoms with Crippen molar-refractivity contribution in [2.75, 3.05) is 0 Å². The minimum Gasteiger partial charge on any atom is -0.444 e. The monoisotopic (exact) mass is 426 g/mol. The Hall–Kier alpha value is -2.04. The molecule has 8 nitrogen and oxygen atoms in total. The molecule has 0 aliphatic heterocycles. The second-order valence-corrected chi connectivity index (χ2v) is 10.3. The van der Waals surface area contributed by atoms with Gasteiger partial charge in [0.1, 0.15) is 11.6 Å². The van der Waals surface area contributed by atoms with Crippen molar-refractivity contribution in [1.82, 2.24) is 9.69 Å². The molecule has 2 amide bonds. The summed E-state index contributed by atoms with van der Waals surface area (Å²) in [7, 11) is -3.56. The Kier molecular flexibility index (Phi) is 6.79. The van der Waals surface area contributed by atoms with Gasteiger partial charge in [-0.15, -0.1) is 4.36 Å². The first kappa shape index (κ1) is 22.3. The number of nitrogens with one attached hydrogen (secondary N) is 1. The molecule has 0 aliphatic carbocycles. The van der Waals surface area contributed by atoms with Gasteiger partial charge in [0.2, 0.25) is 0 Å². The third-order valence-corrected chi connectivity index (χ3v) is 5.80. The number of fused-ring (bicyclic) bond motifs is 1. The van der Waals surface area contributed by atoms with Crippen molar-refractivity contribution < 1.29 is 18.5 Å². The minimum absolute atomic E-state index is 0.0713. The number of nitrogens with zero attached hydrogens (tertiary/aromatic N) is 2. The van der Waals surface area contributed by atoms with Crippen LogP contribution in [0.25, 0.3) is 10.1 Å². The number of hydrogen-bond acceptors (Lipinski definition) is 6. The predicted octanol–water partition coefficient (Wildman–Crippen LogP) is 3.46. The van der Waals surface area contributed by atoms with E-state index in [1.165, 1.54) is 0 Å². The second kappa shape index (κ2) is 8.54. The number of ether oxygens (including phenoxy) is 1. The molecule has 0 fully saturated rings. The van der Waals surface area contributed by atoms with Crippen molar-refractivity contribution in [1.29, 1.82) is 0 Å². The van der Waals surface area contributed by atoms with Gasteiger partial charge in [-0.25, -0.2) is 14.1 Å². The van der Waals surface area contributed by atoms with Crippen molar-refractivity contribution in [2.24, 2.45) is 15.4 Å². The van der Waals surface area contributed by atoms with E-state index >= 15 is 0 Å². The third kappa shape index (κ3) is 5.98. The lowest BCUT2D eigenvalue weighted by atomic mass is 10.0. The normalized spacial score (nSPS) is 15.1. The van der Waals surface area contributed by atoms with Gasteiger partial charge in [0, 0.05) is 5.39 Å². The average molecular weight is 427 g/mol. The molecule has 0 bridgehead atoms. The maximum absolute atomic E-state index is 13.0. The van der Waals surface area contributed by atoms with Gasteiger partial charge in [0.15, 0.2) is 14.9 Å². The van der Waals surface area contributed by atoms with Crippen molar-refractivity contribution in [3.05, 3.63) is 24.3 Å². The topological polar surface area (TPSA) is 124 Å². The summed E-state index contributed by atoms with van der Waals surface area (Å²) in [5.41, 5.74) is -0.715. The van der Waals surface area contributed by atoms with Crippen molar-refractivity contribution >= 4 is 43.5 Å². The lowest BCUT2D eigenvalue weighted by Gasteiger charge is -2.23. The number of aromatic nitrogens is 1. The highest BCUT2D eigenvalue weighted by Gasteiger charge is 2.27. The number of hydrogen-bond donors (Lipinski definition) is 2. The van der Waals surface area contributed by atoms with Crippen LogP contribution in [0.2, 0.25) is 0 Å². The van der Waals surface area contributed by atoms with E-state index in [9.17, 15) is 13.8 Å². The van der Waals surface area contributed by atoms with Crippen LogP contribution in [0.3, 0.4) is 0 Å². The molecule has 2 atom stereocenters. The highest BCUT2D eigenvalue weighted by molar-refractivity contribution is 7.92. The lowest BCUT2D eigenvalue weighted by Crippen LogP contribution is -2.44. The molecule has 1 aromatic heterocycles. The number of alkyl carbamates (subject to hydrolysis) is 1. The minimum atomic E-state index is -3.56. The average Bonchev–Trinajstić information content (AvgIpc) is 2.96. The first-order valence-electron chi connectivity index (χ1n) is 8.82. The van der Waals surface area contributed by atoms with Crippen LogP contribution < -0.4 is 10.5 Å². The predicted molar refractivity (Wildman–Crippen MR) is 110 cm³/mol. The number of nitrogens with two attached hydrogens (primary N) is 1. The molecule has 154 valence electrons. The summed E-state index contributed by atoms with van der Waals surface area (Å²) < 4.78 is 26.8. The molecule has 2 aromatic rings. The maximum atomic E-state index is 13.0. The molecule has 28 heavy (non-hydrogen) atoms. The van der Waals surface area contributed by atoms with Crippen LogP contribution in [0.1, 0.15) is 41.0 Å². The van der Waals surface area contributed by atoms with Crippen LogP contribution in [0.4, 0.5) is 4.79 Å². The zero-order valence-electron chi connectivity index (χ0n) is 16.6. The molecule has 2 rings (SSSR count). The quantitative estimate of drug-likeness (QED) is 0.758. The summed E-state index contributed by atoms with van der Waals surface area (Å²) >= 11 is 1.13. The van der Waals surface area contributed by atoms with E-state index in [1.807, 2.05) is 26.0 Å². The zero-order valence-corrected chi connectivity index (χ0v) is 18.2. The van der Waals surface area contributed by atoms with Gasteiger partial charge in [-0.05, 0) is 50.7 Å². The van der Waals surface area contributed by atoms with E-state index in [2.05, 4.69) is 14.1 Å². The summed E-state index contributed by atoms with van der Waals surface area (Å²) in [5, 5.41) is 9.06. The molecule has 3 N–H and O–H groups in total. The zero-order chi connectivity index (χ0) is 21.1. The Labute approximate surface area is 169 Å². The summed E-state index contributed by atoms with van der Waals surface area (Å²) in [6.07, 6.45) is -0.445. The highest BCUT2D eigenvalue weighted by Crippen LogP contribution is 2.26.